The first kappa shape index (κ1) is 26.9. The van der Waals surface area contributed by atoms with Gasteiger partial charge in [0, 0.05) is 31.3 Å². The molecule has 2 aromatic carbocycles. The zero-order chi connectivity index (χ0) is 27.4. The van der Waals surface area contributed by atoms with Crippen molar-refractivity contribution in [3.8, 4) is 22.8 Å². The molecule has 4 rings (SSSR count). The fourth-order valence-electron chi connectivity index (χ4n) is 4.99. The van der Waals surface area contributed by atoms with Gasteiger partial charge in [0.25, 0.3) is 0 Å². The molecule has 0 radical (unpaired) electrons. The van der Waals surface area contributed by atoms with Crippen molar-refractivity contribution in [1.82, 2.24) is 19.9 Å². The number of methoxy groups -OCH3 is 1. The lowest BCUT2D eigenvalue weighted by Gasteiger charge is -2.25. The number of ether oxygens (including phenoxy) is 2. The maximum absolute atomic E-state index is 13.9. The average Bonchev–Trinajstić information content (AvgIpc) is 2.87. The Hall–Kier alpha value is -4.18. The third kappa shape index (κ3) is 5.40. The number of aryl methyl sites for hydroxylation is 4. The molecule has 0 fully saturated rings. The highest BCUT2D eigenvalue weighted by Gasteiger charge is 2.22. The second-order valence-corrected chi connectivity index (χ2v) is 9.37. The Labute approximate surface area is 222 Å². The first-order valence-corrected chi connectivity index (χ1v) is 12.7. The number of nitrogens with two attached hydrogens (primary N) is 2. The quantitative estimate of drug-likeness (QED) is 0.252. The maximum Gasteiger partial charge on any atom is 0.330 e. The van der Waals surface area contributed by atoms with E-state index in [0.29, 0.717) is 55.5 Å². The van der Waals surface area contributed by atoms with E-state index in [9.17, 15) is 4.79 Å². The van der Waals surface area contributed by atoms with Crippen LogP contribution in [0, 0.1) is 20.8 Å². The van der Waals surface area contributed by atoms with E-state index >= 15 is 0 Å². The zero-order valence-corrected chi connectivity index (χ0v) is 22.7. The van der Waals surface area contributed by atoms with Crippen LogP contribution in [0.4, 0.5) is 5.69 Å². The summed E-state index contributed by atoms with van der Waals surface area (Å²) in [7, 11) is 1.62. The van der Waals surface area contributed by atoms with Gasteiger partial charge in [0.15, 0.2) is 11.5 Å². The summed E-state index contributed by atoms with van der Waals surface area (Å²) in [5.41, 5.74) is 15.7. The van der Waals surface area contributed by atoms with Crippen molar-refractivity contribution in [3.63, 3.8) is 0 Å². The Balaban J connectivity index is 1.92. The number of hydrazine groups is 1. The molecular formula is C28H37N7O3. The van der Waals surface area contributed by atoms with Gasteiger partial charge in [-0.05, 0) is 62.9 Å². The number of benzene rings is 2. The molecule has 202 valence electrons. The molecule has 0 aliphatic carbocycles. The number of hydrogen-bond acceptors (Lipinski definition) is 8. The molecule has 0 spiro atoms. The maximum atomic E-state index is 13.9. The fraction of sp³-hybridized carbons (Fsp3) is 0.357. The Kier molecular flexibility index (Phi) is 8.11. The number of nitrogens with zero attached hydrogens (tertiary/aromatic N) is 3. The molecule has 0 atom stereocenters. The first-order chi connectivity index (χ1) is 18.3. The summed E-state index contributed by atoms with van der Waals surface area (Å²) < 4.78 is 14.9. The molecule has 1 aromatic heterocycles. The van der Waals surface area contributed by atoms with Gasteiger partial charge in [0.1, 0.15) is 11.3 Å². The van der Waals surface area contributed by atoms with Crippen molar-refractivity contribution in [3.05, 3.63) is 80.6 Å². The molecule has 38 heavy (non-hydrogen) atoms. The molecule has 10 nitrogen and oxygen atoms in total. The van der Waals surface area contributed by atoms with E-state index in [4.69, 9.17) is 26.0 Å². The molecule has 0 amide bonds. The van der Waals surface area contributed by atoms with Crippen molar-refractivity contribution in [2.45, 2.75) is 47.2 Å². The predicted octanol–water partition coefficient (Wildman–Crippen LogP) is 2.25. The lowest BCUT2D eigenvalue weighted by atomic mass is 9.97. The molecule has 2 heterocycles. The van der Waals surface area contributed by atoms with Crippen molar-refractivity contribution in [2.24, 2.45) is 16.6 Å². The summed E-state index contributed by atoms with van der Waals surface area (Å²) >= 11 is 0. The summed E-state index contributed by atoms with van der Waals surface area (Å²) in [5.74, 6) is 7.02. The van der Waals surface area contributed by atoms with Crippen molar-refractivity contribution in [1.29, 1.82) is 0 Å². The molecule has 6 N–H and O–H groups in total. The Bertz CT molecular complexity index is 1480. The number of aromatic nitrogens is 2. The first-order valence-electron chi connectivity index (χ1n) is 12.7. The van der Waals surface area contributed by atoms with Crippen LogP contribution in [0.25, 0.3) is 11.3 Å². The van der Waals surface area contributed by atoms with Gasteiger partial charge in [-0.25, -0.2) is 9.79 Å². The van der Waals surface area contributed by atoms with Gasteiger partial charge in [-0.2, -0.15) is 0 Å². The van der Waals surface area contributed by atoms with Crippen LogP contribution in [-0.4, -0.2) is 29.4 Å². The second kappa shape index (κ2) is 11.5. The van der Waals surface area contributed by atoms with Crippen LogP contribution in [0.15, 0.2) is 52.1 Å². The minimum Gasteiger partial charge on any atom is -0.493 e. The van der Waals surface area contributed by atoms with E-state index in [1.165, 1.54) is 11.8 Å². The predicted molar refractivity (Wildman–Crippen MR) is 149 cm³/mol. The van der Waals surface area contributed by atoms with Crippen LogP contribution >= 0.6 is 0 Å². The van der Waals surface area contributed by atoms with Crippen LogP contribution in [-0.2, 0) is 19.5 Å². The highest BCUT2D eigenvalue weighted by Crippen LogP contribution is 2.37. The van der Waals surface area contributed by atoms with Crippen LogP contribution in [0.1, 0.15) is 29.2 Å². The molecule has 1 aliphatic rings. The molecule has 1 aliphatic heterocycles. The van der Waals surface area contributed by atoms with E-state index in [1.54, 1.807) is 16.2 Å². The molecule has 0 saturated carbocycles. The van der Waals surface area contributed by atoms with Crippen molar-refractivity contribution >= 4 is 5.69 Å². The fourth-order valence-corrected chi connectivity index (χ4v) is 4.99. The normalized spacial score (nSPS) is 13.1. The minimum atomic E-state index is -0.136. The lowest BCUT2D eigenvalue weighted by Crippen LogP contribution is -2.44. The van der Waals surface area contributed by atoms with Crippen LogP contribution < -0.4 is 43.0 Å². The Morgan fingerprint density at radius 3 is 2.53 bits per heavy atom. The van der Waals surface area contributed by atoms with Gasteiger partial charge in [-0.1, -0.05) is 17.7 Å². The van der Waals surface area contributed by atoms with Crippen LogP contribution in [0.3, 0.4) is 0 Å². The van der Waals surface area contributed by atoms with Crippen molar-refractivity contribution in [2.75, 3.05) is 20.3 Å². The van der Waals surface area contributed by atoms with Gasteiger partial charge >= 0.3 is 5.69 Å². The van der Waals surface area contributed by atoms with E-state index in [-0.39, 0.29) is 5.69 Å². The highest BCUT2D eigenvalue weighted by atomic mass is 16.5. The van der Waals surface area contributed by atoms with Gasteiger partial charge in [-0.3, -0.25) is 15.0 Å². The molecule has 0 bridgehead atoms. The molecule has 3 aromatic rings. The minimum absolute atomic E-state index is 0.136. The standard InChI is InChI=1S/C28H37N7O3/c1-6-38-24-13-20-7-9-34-22(21(20)14-23(24)37-5)15-26(33-27-18(3)11-17(2)12-19(27)4)35(28(34)36)10-8-31-25(29)16-32-30/h11-16,31-32H,6-10,29-30H2,1-5H3/b25-16+,33-26?. The summed E-state index contributed by atoms with van der Waals surface area (Å²) in [5, 5.41) is 3.06. The number of rotatable bonds is 9. The highest BCUT2D eigenvalue weighted by molar-refractivity contribution is 5.70. The van der Waals surface area contributed by atoms with Gasteiger partial charge in [0.05, 0.1) is 31.3 Å². The summed E-state index contributed by atoms with van der Waals surface area (Å²) in [6.07, 6.45) is 2.16. The average molecular weight is 520 g/mol. The largest absolute Gasteiger partial charge is 0.493 e. The topological polar surface area (TPSA) is 134 Å². The Morgan fingerprint density at radius 1 is 1.13 bits per heavy atom. The zero-order valence-electron chi connectivity index (χ0n) is 22.7. The number of hydrogen-bond donors (Lipinski definition) is 4. The third-order valence-electron chi connectivity index (χ3n) is 6.63. The van der Waals surface area contributed by atoms with E-state index in [1.807, 2.05) is 39.0 Å². The lowest BCUT2D eigenvalue weighted by molar-refractivity contribution is 0.310. The van der Waals surface area contributed by atoms with Gasteiger partial charge < -0.3 is 25.9 Å². The SMILES string of the molecule is CCOc1cc2c(cc1OC)-c1cc(=Nc3c(C)cc(C)cc3C)n(CCN/C(N)=C/NN)c(=O)n1CC2. The smallest absolute Gasteiger partial charge is 0.330 e. The van der Waals surface area contributed by atoms with E-state index < -0.39 is 0 Å². The second-order valence-electron chi connectivity index (χ2n) is 9.37. The van der Waals surface area contributed by atoms with Crippen LogP contribution in [0.2, 0.25) is 0 Å². The summed E-state index contributed by atoms with van der Waals surface area (Å²) in [6.45, 7) is 9.96. The van der Waals surface area contributed by atoms with Gasteiger partial charge in [0.2, 0.25) is 0 Å². The number of fused-ring (bicyclic) bond motifs is 3. The molecule has 0 saturated heterocycles. The third-order valence-corrected chi connectivity index (χ3v) is 6.63. The molecule has 10 heteroatoms. The Morgan fingerprint density at radius 2 is 1.87 bits per heavy atom. The number of nitrogens with one attached hydrogen (secondary N) is 2. The molecular weight excluding hydrogens is 482 g/mol. The monoisotopic (exact) mass is 519 g/mol. The summed E-state index contributed by atoms with van der Waals surface area (Å²) in [4.78, 5) is 18.9. The molecule has 0 unspecified atom stereocenters. The van der Waals surface area contributed by atoms with Gasteiger partial charge in [-0.15, -0.1) is 0 Å². The summed E-state index contributed by atoms with van der Waals surface area (Å²) in [6, 6.07) is 10.2. The van der Waals surface area contributed by atoms with E-state index in [2.05, 4.69) is 29.8 Å². The van der Waals surface area contributed by atoms with Crippen molar-refractivity contribution < 1.29 is 9.47 Å². The van der Waals surface area contributed by atoms with Crippen LogP contribution in [0.5, 0.6) is 11.5 Å². The van der Waals surface area contributed by atoms with E-state index in [0.717, 1.165) is 33.6 Å².